The molecule has 0 radical (unpaired) electrons. The van der Waals surface area contributed by atoms with Crippen LogP contribution in [0.1, 0.15) is 12.0 Å². The summed E-state index contributed by atoms with van der Waals surface area (Å²) in [5.74, 6) is 0. The van der Waals surface area contributed by atoms with E-state index in [1.165, 1.54) is 10.0 Å². The lowest BCUT2D eigenvalue weighted by molar-refractivity contribution is 0.830. The van der Waals surface area contributed by atoms with Crippen LogP contribution >= 0.6 is 15.9 Å². The Morgan fingerprint density at radius 3 is 2.64 bits per heavy atom. The summed E-state index contributed by atoms with van der Waals surface area (Å²) in [6.45, 7) is 0.765. The Morgan fingerprint density at radius 2 is 2.00 bits per heavy atom. The van der Waals surface area contributed by atoms with Crippen LogP contribution in [0.5, 0.6) is 0 Å². The molecule has 0 heterocycles. The fraction of sp³-hybridized carbons (Fsp3) is 0.333. The van der Waals surface area contributed by atoms with Gasteiger partial charge in [0.1, 0.15) is 0 Å². The van der Waals surface area contributed by atoms with E-state index in [2.05, 4.69) is 34.1 Å². The normalized spacial score (nSPS) is 10.0. The quantitative estimate of drug-likeness (QED) is 0.820. The van der Waals surface area contributed by atoms with E-state index in [0.29, 0.717) is 0 Å². The van der Waals surface area contributed by atoms with Crippen molar-refractivity contribution in [3.63, 3.8) is 0 Å². The molecule has 0 bridgehead atoms. The molecule has 0 aromatic heterocycles. The van der Waals surface area contributed by atoms with Crippen LogP contribution in [0.2, 0.25) is 0 Å². The summed E-state index contributed by atoms with van der Waals surface area (Å²) in [5, 5.41) is 0. The van der Waals surface area contributed by atoms with E-state index in [9.17, 15) is 0 Å². The molecule has 2 heteroatoms. The summed E-state index contributed by atoms with van der Waals surface area (Å²) in [6.07, 6.45) is 2.13. The predicted octanol–water partition coefficient (Wildman–Crippen LogP) is 2.34. The van der Waals surface area contributed by atoms with Gasteiger partial charge in [0.25, 0.3) is 0 Å². The average molecular weight is 214 g/mol. The van der Waals surface area contributed by atoms with Crippen LogP contribution < -0.4 is 5.73 Å². The van der Waals surface area contributed by atoms with Gasteiger partial charge in [-0.05, 0) is 31.0 Å². The topological polar surface area (TPSA) is 26.0 Å². The number of rotatable bonds is 3. The van der Waals surface area contributed by atoms with Gasteiger partial charge in [-0.1, -0.05) is 34.1 Å². The maximum Gasteiger partial charge on any atom is 0.0207 e. The first kappa shape index (κ1) is 8.75. The van der Waals surface area contributed by atoms with Gasteiger partial charge in [0.2, 0.25) is 0 Å². The summed E-state index contributed by atoms with van der Waals surface area (Å²) in [5.41, 5.74) is 6.76. The molecule has 0 saturated heterocycles. The van der Waals surface area contributed by atoms with Gasteiger partial charge in [-0.3, -0.25) is 0 Å². The molecular weight excluding hydrogens is 202 g/mol. The van der Waals surface area contributed by atoms with Crippen molar-refractivity contribution in [2.45, 2.75) is 12.8 Å². The third kappa shape index (κ3) is 2.64. The van der Waals surface area contributed by atoms with Gasteiger partial charge in [0.05, 0.1) is 0 Å². The number of halogens is 1. The number of hydrogen-bond acceptors (Lipinski definition) is 1. The Hall–Kier alpha value is -0.340. The van der Waals surface area contributed by atoms with E-state index < -0.39 is 0 Å². The molecule has 1 rings (SSSR count). The Labute approximate surface area is 75.7 Å². The molecule has 0 aliphatic heterocycles. The lowest BCUT2D eigenvalue weighted by atomic mass is 10.1. The van der Waals surface area contributed by atoms with Crippen molar-refractivity contribution in [3.8, 4) is 0 Å². The number of hydrogen-bond donors (Lipinski definition) is 1. The first-order chi connectivity index (χ1) is 5.34. The van der Waals surface area contributed by atoms with Crippen LogP contribution in [0, 0.1) is 0 Å². The third-order valence-corrected chi connectivity index (χ3v) is 2.38. The molecule has 11 heavy (non-hydrogen) atoms. The number of nitrogens with two attached hydrogens (primary N) is 1. The van der Waals surface area contributed by atoms with Crippen molar-refractivity contribution in [2.24, 2.45) is 5.73 Å². The lowest BCUT2D eigenvalue weighted by Crippen LogP contribution is -2.00. The van der Waals surface area contributed by atoms with Crippen molar-refractivity contribution in [1.29, 1.82) is 0 Å². The molecule has 0 amide bonds. The van der Waals surface area contributed by atoms with Crippen LogP contribution in [-0.4, -0.2) is 6.54 Å². The molecule has 0 unspecified atom stereocenters. The second kappa shape index (κ2) is 4.52. The third-order valence-electron chi connectivity index (χ3n) is 1.61. The van der Waals surface area contributed by atoms with Crippen LogP contribution in [-0.2, 0) is 6.42 Å². The highest BCUT2D eigenvalue weighted by Crippen LogP contribution is 2.16. The number of aryl methyl sites for hydroxylation is 1. The van der Waals surface area contributed by atoms with E-state index in [1.807, 2.05) is 6.07 Å². The minimum atomic E-state index is 0.765. The monoisotopic (exact) mass is 213 g/mol. The maximum absolute atomic E-state index is 5.41. The van der Waals surface area contributed by atoms with Crippen LogP contribution in [0.3, 0.4) is 0 Å². The predicted molar refractivity (Wildman–Crippen MR) is 51.5 cm³/mol. The molecule has 1 aromatic rings. The van der Waals surface area contributed by atoms with E-state index in [1.54, 1.807) is 0 Å². The van der Waals surface area contributed by atoms with Crippen LogP contribution in [0.4, 0.5) is 0 Å². The van der Waals surface area contributed by atoms with Gasteiger partial charge in [-0.2, -0.15) is 0 Å². The molecule has 2 N–H and O–H groups in total. The molecule has 0 atom stereocenters. The van der Waals surface area contributed by atoms with Crippen LogP contribution in [0.15, 0.2) is 28.7 Å². The molecule has 0 spiro atoms. The largest absolute Gasteiger partial charge is 0.330 e. The standard InChI is InChI=1S/C9H12BrN/c10-9-6-2-1-4-8(9)5-3-7-11/h1-2,4,6H,3,5,7,11H2. The number of benzene rings is 1. The average Bonchev–Trinajstić information content (AvgIpc) is 2.03. The molecular formula is C9H12BrN. The zero-order chi connectivity index (χ0) is 8.10. The highest BCUT2D eigenvalue weighted by Gasteiger charge is 1.95. The van der Waals surface area contributed by atoms with Crippen molar-refractivity contribution in [1.82, 2.24) is 0 Å². The smallest absolute Gasteiger partial charge is 0.0207 e. The summed E-state index contributed by atoms with van der Waals surface area (Å²) < 4.78 is 1.19. The van der Waals surface area contributed by atoms with Gasteiger partial charge in [-0.15, -0.1) is 0 Å². The highest BCUT2D eigenvalue weighted by molar-refractivity contribution is 9.10. The second-order valence-electron chi connectivity index (χ2n) is 2.48. The molecule has 0 fully saturated rings. The Balaban J connectivity index is 2.62. The zero-order valence-corrected chi connectivity index (χ0v) is 7.97. The van der Waals surface area contributed by atoms with E-state index in [-0.39, 0.29) is 0 Å². The van der Waals surface area contributed by atoms with E-state index in [4.69, 9.17) is 5.73 Å². The Morgan fingerprint density at radius 1 is 1.27 bits per heavy atom. The van der Waals surface area contributed by atoms with Crippen molar-refractivity contribution < 1.29 is 0 Å². The summed E-state index contributed by atoms with van der Waals surface area (Å²) in [7, 11) is 0. The SMILES string of the molecule is NCCCc1ccccc1Br. The Kier molecular flexibility index (Phi) is 3.60. The van der Waals surface area contributed by atoms with E-state index >= 15 is 0 Å². The second-order valence-corrected chi connectivity index (χ2v) is 3.34. The van der Waals surface area contributed by atoms with Crippen molar-refractivity contribution in [2.75, 3.05) is 6.54 Å². The molecule has 0 saturated carbocycles. The van der Waals surface area contributed by atoms with Gasteiger partial charge >= 0.3 is 0 Å². The highest BCUT2D eigenvalue weighted by atomic mass is 79.9. The molecule has 1 aromatic carbocycles. The summed E-state index contributed by atoms with van der Waals surface area (Å²) >= 11 is 3.49. The first-order valence-corrected chi connectivity index (χ1v) is 4.57. The first-order valence-electron chi connectivity index (χ1n) is 3.78. The molecule has 0 aliphatic rings. The maximum atomic E-state index is 5.41. The molecule has 0 aliphatic carbocycles. The summed E-state index contributed by atoms with van der Waals surface area (Å²) in [6, 6.07) is 8.26. The van der Waals surface area contributed by atoms with Gasteiger partial charge in [-0.25, -0.2) is 0 Å². The lowest BCUT2D eigenvalue weighted by Gasteiger charge is -2.01. The zero-order valence-electron chi connectivity index (χ0n) is 6.39. The Bertz CT molecular complexity index is 223. The minimum absolute atomic E-state index is 0.765. The fourth-order valence-corrected chi connectivity index (χ4v) is 1.48. The fourth-order valence-electron chi connectivity index (χ4n) is 0.994. The minimum Gasteiger partial charge on any atom is -0.330 e. The van der Waals surface area contributed by atoms with E-state index in [0.717, 1.165) is 19.4 Å². The molecule has 60 valence electrons. The van der Waals surface area contributed by atoms with Gasteiger partial charge in [0.15, 0.2) is 0 Å². The van der Waals surface area contributed by atoms with Crippen molar-refractivity contribution >= 4 is 15.9 Å². The van der Waals surface area contributed by atoms with Gasteiger partial charge < -0.3 is 5.73 Å². The van der Waals surface area contributed by atoms with Crippen LogP contribution in [0.25, 0.3) is 0 Å². The molecule has 1 nitrogen and oxygen atoms in total. The van der Waals surface area contributed by atoms with Gasteiger partial charge in [0, 0.05) is 4.47 Å². The summed E-state index contributed by atoms with van der Waals surface area (Å²) in [4.78, 5) is 0. The van der Waals surface area contributed by atoms with Crippen molar-refractivity contribution in [3.05, 3.63) is 34.3 Å².